The van der Waals surface area contributed by atoms with E-state index in [1.165, 1.54) is 16.5 Å². The minimum Gasteiger partial charge on any atom is -0.350 e. The lowest BCUT2D eigenvalue weighted by Crippen LogP contribution is -2.40. The van der Waals surface area contributed by atoms with E-state index in [2.05, 4.69) is 54.3 Å². The molecule has 1 aromatic carbocycles. The van der Waals surface area contributed by atoms with E-state index in [0.29, 0.717) is 12.1 Å². The van der Waals surface area contributed by atoms with Gasteiger partial charge in [-0.15, -0.1) is 0 Å². The van der Waals surface area contributed by atoms with Gasteiger partial charge in [0.25, 0.3) is 0 Å². The summed E-state index contributed by atoms with van der Waals surface area (Å²) >= 11 is 0. The van der Waals surface area contributed by atoms with Crippen molar-refractivity contribution in [3.8, 4) is 0 Å². The first-order chi connectivity index (χ1) is 10.4. The molecule has 120 valence electrons. The number of fused-ring (bicyclic) bond motifs is 1. The van der Waals surface area contributed by atoms with Gasteiger partial charge in [-0.3, -0.25) is 0 Å². The average molecular weight is 318 g/mol. The van der Waals surface area contributed by atoms with Crippen molar-refractivity contribution in [2.45, 2.75) is 38.3 Å². The maximum absolute atomic E-state index is 12.1. The Morgan fingerprint density at radius 1 is 1.32 bits per heavy atom. The summed E-state index contributed by atoms with van der Waals surface area (Å²) in [6.45, 7) is 4.23. The Hall–Kier alpha value is -1.05. The van der Waals surface area contributed by atoms with E-state index in [0.717, 1.165) is 31.6 Å². The van der Waals surface area contributed by atoms with E-state index in [1.807, 2.05) is 6.66 Å². The van der Waals surface area contributed by atoms with E-state index in [4.69, 9.17) is 0 Å². The smallest absolute Gasteiger partial charge is 0.0849 e. The standard InChI is InChI=1S/C18H27N2OP/c1-14(19-16-8-10-22(3,21)11-9-16)12-15-13-20(2)18-7-5-4-6-17(15)18/h4-7,13-14,16,19H,8-12H2,1-3H3. The van der Waals surface area contributed by atoms with Gasteiger partial charge in [-0.2, -0.15) is 0 Å². The summed E-state index contributed by atoms with van der Waals surface area (Å²) in [7, 11) is 0.309. The Balaban J connectivity index is 1.64. The van der Waals surface area contributed by atoms with Crippen molar-refractivity contribution in [3.05, 3.63) is 36.0 Å². The third kappa shape index (κ3) is 3.47. The van der Waals surface area contributed by atoms with Crippen LogP contribution in [0.2, 0.25) is 0 Å². The largest absolute Gasteiger partial charge is 0.350 e. The molecule has 1 atom stereocenters. The fraction of sp³-hybridized carbons (Fsp3) is 0.556. The zero-order valence-electron chi connectivity index (χ0n) is 13.9. The summed E-state index contributed by atoms with van der Waals surface area (Å²) in [5.74, 6) is 0. The predicted molar refractivity (Wildman–Crippen MR) is 95.5 cm³/mol. The van der Waals surface area contributed by atoms with Crippen molar-refractivity contribution < 1.29 is 4.57 Å². The quantitative estimate of drug-likeness (QED) is 0.869. The molecule has 1 aliphatic heterocycles. The number of rotatable bonds is 4. The van der Waals surface area contributed by atoms with Crippen LogP contribution in [0.1, 0.15) is 25.3 Å². The number of nitrogens with zero attached hydrogens (tertiary/aromatic N) is 1. The molecule has 1 N–H and O–H groups in total. The van der Waals surface area contributed by atoms with Crippen molar-refractivity contribution >= 4 is 18.0 Å². The molecule has 1 saturated heterocycles. The highest BCUT2D eigenvalue weighted by Gasteiger charge is 2.26. The third-order valence-corrected chi connectivity index (χ3v) is 7.34. The molecule has 1 aromatic heterocycles. The lowest BCUT2D eigenvalue weighted by molar-refractivity contribution is 0.412. The molecule has 0 spiro atoms. The van der Waals surface area contributed by atoms with Gasteiger partial charge in [-0.1, -0.05) is 18.2 Å². The van der Waals surface area contributed by atoms with Gasteiger partial charge in [0.1, 0.15) is 0 Å². The van der Waals surface area contributed by atoms with Gasteiger partial charge < -0.3 is 14.4 Å². The summed E-state index contributed by atoms with van der Waals surface area (Å²) in [6.07, 6.45) is 7.24. The molecule has 3 rings (SSSR count). The van der Waals surface area contributed by atoms with Gasteiger partial charge in [0.15, 0.2) is 0 Å². The van der Waals surface area contributed by atoms with E-state index in [-0.39, 0.29) is 0 Å². The lowest BCUT2D eigenvalue weighted by Gasteiger charge is -2.30. The topological polar surface area (TPSA) is 34.0 Å². The summed E-state index contributed by atoms with van der Waals surface area (Å²) < 4.78 is 14.3. The van der Waals surface area contributed by atoms with Crippen molar-refractivity contribution in [2.75, 3.05) is 19.0 Å². The fourth-order valence-corrected chi connectivity index (χ4v) is 5.60. The predicted octanol–water partition coefficient (Wildman–Crippen LogP) is 3.85. The zero-order valence-corrected chi connectivity index (χ0v) is 14.8. The van der Waals surface area contributed by atoms with Crippen LogP contribution in [-0.4, -0.2) is 35.6 Å². The Morgan fingerprint density at radius 2 is 2.00 bits per heavy atom. The Labute approximate surface area is 133 Å². The van der Waals surface area contributed by atoms with Gasteiger partial charge in [0.2, 0.25) is 0 Å². The first-order valence-corrected chi connectivity index (χ1v) is 10.8. The van der Waals surface area contributed by atoms with Crippen LogP contribution in [0.4, 0.5) is 0 Å². The molecule has 1 aliphatic rings. The van der Waals surface area contributed by atoms with Crippen LogP contribution in [0.25, 0.3) is 10.9 Å². The summed E-state index contributed by atoms with van der Waals surface area (Å²) in [5, 5.41) is 5.11. The molecule has 3 nitrogen and oxygen atoms in total. The molecular formula is C18H27N2OP. The molecule has 0 bridgehead atoms. The van der Waals surface area contributed by atoms with Crippen LogP contribution < -0.4 is 5.32 Å². The molecule has 0 amide bonds. The molecule has 1 unspecified atom stereocenters. The number of benzene rings is 1. The number of para-hydroxylation sites is 1. The lowest BCUT2D eigenvalue weighted by atomic mass is 10.0. The van der Waals surface area contributed by atoms with Crippen molar-refractivity contribution in [2.24, 2.45) is 7.05 Å². The normalized spacial score (nSPS) is 27.1. The monoisotopic (exact) mass is 318 g/mol. The fourth-order valence-electron chi connectivity index (χ4n) is 3.66. The van der Waals surface area contributed by atoms with Crippen LogP contribution in [0.15, 0.2) is 30.5 Å². The summed E-state index contributed by atoms with van der Waals surface area (Å²) in [4.78, 5) is 0. The van der Waals surface area contributed by atoms with E-state index >= 15 is 0 Å². The second-order valence-electron chi connectivity index (χ2n) is 7.07. The van der Waals surface area contributed by atoms with Crippen molar-refractivity contribution in [1.29, 1.82) is 0 Å². The van der Waals surface area contributed by atoms with Gasteiger partial charge >= 0.3 is 0 Å². The molecule has 0 aliphatic carbocycles. The zero-order chi connectivity index (χ0) is 15.7. The van der Waals surface area contributed by atoms with Gasteiger partial charge in [0, 0.05) is 48.6 Å². The molecule has 2 heterocycles. The maximum atomic E-state index is 12.1. The molecule has 4 heteroatoms. The Kier molecular flexibility index (Phi) is 4.47. The minimum absolute atomic E-state index is 0.449. The molecule has 0 saturated carbocycles. The van der Waals surface area contributed by atoms with Crippen LogP contribution in [0.5, 0.6) is 0 Å². The number of hydrogen-bond acceptors (Lipinski definition) is 2. The van der Waals surface area contributed by atoms with Crippen LogP contribution in [-0.2, 0) is 18.0 Å². The number of aryl methyl sites for hydroxylation is 1. The van der Waals surface area contributed by atoms with E-state index in [1.54, 1.807) is 0 Å². The second kappa shape index (κ2) is 6.22. The molecule has 2 aromatic rings. The van der Waals surface area contributed by atoms with Crippen LogP contribution >= 0.6 is 7.14 Å². The summed E-state index contributed by atoms with van der Waals surface area (Å²) in [5.41, 5.74) is 2.71. The minimum atomic E-state index is -1.81. The molecule has 22 heavy (non-hydrogen) atoms. The maximum Gasteiger partial charge on any atom is 0.0849 e. The van der Waals surface area contributed by atoms with E-state index < -0.39 is 7.14 Å². The van der Waals surface area contributed by atoms with Crippen LogP contribution in [0.3, 0.4) is 0 Å². The van der Waals surface area contributed by atoms with Crippen molar-refractivity contribution in [3.63, 3.8) is 0 Å². The van der Waals surface area contributed by atoms with Gasteiger partial charge in [-0.05, 0) is 44.5 Å². The molecule has 1 fully saturated rings. The highest BCUT2D eigenvalue weighted by molar-refractivity contribution is 7.63. The Morgan fingerprint density at radius 3 is 2.73 bits per heavy atom. The Bertz CT molecular complexity index is 694. The van der Waals surface area contributed by atoms with Crippen LogP contribution in [0, 0.1) is 0 Å². The molecular weight excluding hydrogens is 291 g/mol. The third-order valence-electron chi connectivity index (χ3n) is 4.93. The summed E-state index contributed by atoms with van der Waals surface area (Å²) in [6, 6.07) is 9.59. The average Bonchev–Trinajstić information content (AvgIpc) is 2.78. The number of nitrogens with one attached hydrogen (secondary N) is 1. The SMILES string of the molecule is CC(Cc1cn(C)c2ccccc12)NC1CCP(C)(=O)CC1. The molecule has 0 radical (unpaired) electrons. The van der Waals surface area contributed by atoms with Crippen molar-refractivity contribution in [1.82, 2.24) is 9.88 Å². The first-order valence-electron chi connectivity index (χ1n) is 8.29. The first kappa shape index (κ1) is 15.8. The van der Waals surface area contributed by atoms with Gasteiger partial charge in [-0.25, -0.2) is 0 Å². The van der Waals surface area contributed by atoms with Gasteiger partial charge in [0.05, 0.1) is 7.14 Å². The number of hydrogen-bond donors (Lipinski definition) is 1. The number of aromatic nitrogens is 1. The highest BCUT2D eigenvalue weighted by atomic mass is 31.2. The second-order valence-corrected chi connectivity index (χ2v) is 10.6. The highest BCUT2D eigenvalue weighted by Crippen LogP contribution is 2.46. The van der Waals surface area contributed by atoms with E-state index in [9.17, 15) is 4.57 Å².